The normalized spacial score (nSPS) is 20.7. The highest BCUT2D eigenvalue weighted by atomic mass is 32.2. The van der Waals surface area contributed by atoms with Crippen molar-refractivity contribution in [1.29, 1.82) is 0 Å². The van der Waals surface area contributed by atoms with Gasteiger partial charge in [0.15, 0.2) is 0 Å². The highest BCUT2D eigenvalue weighted by Crippen LogP contribution is 2.22. The van der Waals surface area contributed by atoms with Crippen LogP contribution in [0.2, 0.25) is 0 Å². The van der Waals surface area contributed by atoms with Crippen molar-refractivity contribution in [2.45, 2.75) is 49.7 Å². The first-order chi connectivity index (χ1) is 14.1. The maximum Gasteiger partial charge on any atom is 0.271 e. The van der Waals surface area contributed by atoms with Gasteiger partial charge in [-0.1, -0.05) is 6.07 Å². The number of carbonyl (C=O) groups is 1. The van der Waals surface area contributed by atoms with Crippen molar-refractivity contribution in [3.05, 3.63) is 47.3 Å². The summed E-state index contributed by atoms with van der Waals surface area (Å²) in [6.45, 7) is 10.5. The van der Waals surface area contributed by atoms with E-state index in [1.54, 1.807) is 41.8 Å². The summed E-state index contributed by atoms with van der Waals surface area (Å²) in [5.74, 6) is -0.190. The molecular formula is C21H29N3O4S2. The van der Waals surface area contributed by atoms with Gasteiger partial charge >= 0.3 is 0 Å². The van der Waals surface area contributed by atoms with E-state index in [0.29, 0.717) is 17.8 Å². The van der Waals surface area contributed by atoms with Crippen LogP contribution >= 0.6 is 11.3 Å². The van der Waals surface area contributed by atoms with Gasteiger partial charge in [-0.15, -0.1) is 11.3 Å². The van der Waals surface area contributed by atoms with Crippen molar-refractivity contribution in [2.75, 3.05) is 24.4 Å². The molecular weight excluding hydrogens is 422 g/mol. The average Bonchev–Trinajstić information content (AvgIpc) is 3.22. The maximum absolute atomic E-state index is 12.6. The number of morpholine rings is 1. The molecule has 1 aromatic carbocycles. The molecule has 1 fully saturated rings. The lowest BCUT2D eigenvalue weighted by molar-refractivity contribution is -0.0948. The lowest BCUT2D eigenvalue weighted by Crippen LogP contribution is -2.58. The summed E-state index contributed by atoms with van der Waals surface area (Å²) < 4.78 is 33.2. The lowest BCUT2D eigenvalue weighted by Gasteiger charge is -2.45. The summed E-state index contributed by atoms with van der Waals surface area (Å²) >= 11 is 1.15. The fourth-order valence-corrected chi connectivity index (χ4v) is 5.55. The summed E-state index contributed by atoms with van der Waals surface area (Å²) in [7, 11) is -3.60. The third-order valence-corrected chi connectivity index (χ3v) is 7.90. The monoisotopic (exact) mass is 451 g/mol. The Morgan fingerprint density at radius 3 is 2.37 bits per heavy atom. The van der Waals surface area contributed by atoms with Gasteiger partial charge in [-0.3, -0.25) is 14.4 Å². The van der Waals surface area contributed by atoms with Gasteiger partial charge in [0, 0.05) is 36.4 Å². The molecule has 1 aliphatic rings. The number of rotatable bonds is 7. The minimum Gasteiger partial charge on any atom is -0.373 e. The molecule has 0 radical (unpaired) electrons. The van der Waals surface area contributed by atoms with E-state index in [1.165, 1.54) is 0 Å². The third kappa shape index (κ3) is 5.60. The molecule has 1 amide bonds. The zero-order chi connectivity index (χ0) is 21.9. The molecule has 1 saturated heterocycles. The van der Waals surface area contributed by atoms with Crippen LogP contribution in [0.4, 0.5) is 5.69 Å². The van der Waals surface area contributed by atoms with E-state index in [4.69, 9.17) is 4.74 Å². The Hall–Kier alpha value is -1.94. The van der Waals surface area contributed by atoms with Gasteiger partial charge in [-0.2, -0.15) is 0 Å². The van der Waals surface area contributed by atoms with E-state index in [9.17, 15) is 13.2 Å². The minimum atomic E-state index is -3.60. The van der Waals surface area contributed by atoms with Crippen LogP contribution in [-0.4, -0.2) is 56.6 Å². The number of hydrogen-bond donors (Lipinski definition) is 2. The van der Waals surface area contributed by atoms with Gasteiger partial charge in [0.2, 0.25) is 0 Å². The summed E-state index contributed by atoms with van der Waals surface area (Å²) in [6.07, 6.45) is 0.323. The van der Waals surface area contributed by atoms with Crippen LogP contribution in [0.15, 0.2) is 46.0 Å². The first-order valence-electron chi connectivity index (χ1n) is 9.92. The lowest BCUT2D eigenvalue weighted by atomic mass is 10.00. The Labute approximate surface area is 182 Å². The zero-order valence-electron chi connectivity index (χ0n) is 17.7. The Morgan fingerprint density at radius 2 is 1.80 bits per heavy atom. The van der Waals surface area contributed by atoms with Crippen LogP contribution in [0.25, 0.3) is 0 Å². The summed E-state index contributed by atoms with van der Waals surface area (Å²) in [5, 5.41) is 4.71. The number of amides is 1. The second-order valence-electron chi connectivity index (χ2n) is 8.27. The Balaban J connectivity index is 1.58. The number of benzene rings is 1. The second kappa shape index (κ2) is 9.05. The number of nitrogens with one attached hydrogen (secondary N) is 2. The molecule has 0 spiro atoms. The highest BCUT2D eigenvalue weighted by molar-refractivity contribution is 7.94. The number of ether oxygens (including phenoxy) is 1. The number of hydrogen-bond acceptors (Lipinski definition) is 6. The molecule has 1 aliphatic heterocycles. The van der Waals surface area contributed by atoms with Gasteiger partial charge in [0.05, 0.1) is 12.2 Å². The largest absolute Gasteiger partial charge is 0.373 e. The number of sulfonamides is 1. The van der Waals surface area contributed by atoms with Gasteiger partial charge in [0.1, 0.15) is 4.21 Å². The molecule has 1 aromatic heterocycles. The topological polar surface area (TPSA) is 87.7 Å². The fourth-order valence-electron chi connectivity index (χ4n) is 3.49. The molecule has 0 bridgehead atoms. The van der Waals surface area contributed by atoms with Crippen LogP contribution in [0.1, 0.15) is 38.1 Å². The molecule has 7 nitrogen and oxygen atoms in total. The molecule has 30 heavy (non-hydrogen) atoms. The molecule has 9 heteroatoms. The zero-order valence-corrected chi connectivity index (χ0v) is 19.3. The third-order valence-electron chi connectivity index (χ3n) is 5.12. The van der Waals surface area contributed by atoms with Crippen molar-refractivity contribution in [1.82, 2.24) is 10.2 Å². The van der Waals surface area contributed by atoms with Crippen LogP contribution in [-0.2, 0) is 14.8 Å². The van der Waals surface area contributed by atoms with E-state index < -0.39 is 10.0 Å². The van der Waals surface area contributed by atoms with Crippen molar-refractivity contribution in [2.24, 2.45) is 0 Å². The smallest absolute Gasteiger partial charge is 0.271 e. The number of thiophene rings is 1. The quantitative estimate of drug-likeness (QED) is 0.675. The molecule has 2 aromatic rings. The van der Waals surface area contributed by atoms with Gasteiger partial charge < -0.3 is 10.1 Å². The predicted molar refractivity (Wildman–Crippen MR) is 120 cm³/mol. The van der Waals surface area contributed by atoms with Crippen LogP contribution in [0.3, 0.4) is 0 Å². The minimum absolute atomic E-state index is 0.161. The average molecular weight is 452 g/mol. The van der Waals surface area contributed by atoms with Crippen molar-refractivity contribution < 1.29 is 17.9 Å². The first-order valence-corrected chi connectivity index (χ1v) is 12.3. The Morgan fingerprint density at radius 1 is 1.17 bits per heavy atom. The molecule has 2 heterocycles. The Bertz CT molecular complexity index is 947. The van der Waals surface area contributed by atoms with Crippen LogP contribution < -0.4 is 10.0 Å². The van der Waals surface area contributed by atoms with Gasteiger partial charge in [-0.25, -0.2) is 8.42 Å². The summed E-state index contributed by atoms with van der Waals surface area (Å²) in [5.41, 5.74) is 0.684. The Kier molecular flexibility index (Phi) is 6.86. The maximum atomic E-state index is 12.6. The number of anilines is 1. The van der Waals surface area contributed by atoms with Crippen LogP contribution in [0.5, 0.6) is 0 Å². The van der Waals surface area contributed by atoms with Gasteiger partial charge in [0.25, 0.3) is 15.9 Å². The van der Waals surface area contributed by atoms with Crippen molar-refractivity contribution >= 4 is 33.0 Å². The predicted octanol–water partition coefficient (Wildman–Crippen LogP) is 3.17. The SMILES string of the molecule is C[C@@H]1CN(C(C)(C)CNC(=O)c2ccc(NS(=O)(=O)c3cccs3)cc2)C[C@H](C)O1. The fraction of sp³-hybridized carbons (Fsp3) is 0.476. The molecule has 0 unspecified atom stereocenters. The molecule has 2 N–H and O–H groups in total. The molecule has 0 aliphatic carbocycles. The van der Waals surface area contributed by atoms with Crippen molar-refractivity contribution in [3.63, 3.8) is 0 Å². The summed E-state index contributed by atoms with van der Waals surface area (Å²) in [6, 6.07) is 9.66. The first kappa shape index (κ1) is 22.7. The van der Waals surface area contributed by atoms with E-state index in [1.807, 2.05) is 0 Å². The van der Waals surface area contributed by atoms with Crippen molar-refractivity contribution in [3.8, 4) is 0 Å². The van der Waals surface area contributed by atoms with E-state index >= 15 is 0 Å². The van der Waals surface area contributed by atoms with Crippen LogP contribution in [0, 0.1) is 0 Å². The van der Waals surface area contributed by atoms with Gasteiger partial charge in [-0.05, 0) is 63.4 Å². The number of carbonyl (C=O) groups excluding carboxylic acids is 1. The standard InChI is InChI=1S/C21H29N3O4S2/c1-15-12-24(13-16(2)28-15)21(3,4)14-22-20(25)17-7-9-18(10-8-17)23-30(26,27)19-6-5-11-29-19/h5-11,15-16,23H,12-14H2,1-4H3,(H,22,25)/t15-,16+. The summed E-state index contributed by atoms with van der Waals surface area (Å²) in [4.78, 5) is 14.9. The second-order valence-corrected chi connectivity index (χ2v) is 11.1. The molecule has 0 saturated carbocycles. The molecule has 164 valence electrons. The van der Waals surface area contributed by atoms with E-state index in [-0.39, 0.29) is 27.9 Å². The van der Waals surface area contributed by atoms with E-state index in [2.05, 4.69) is 42.6 Å². The number of nitrogens with zero attached hydrogens (tertiary/aromatic N) is 1. The molecule has 3 rings (SSSR count). The molecule has 2 atom stereocenters. The van der Waals surface area contributed by atoms with E-state index in [0.717, 1.165) is 24.4 Å². The highest BCUT2D eigenvalue weighted by Gasteiger charge is 2.33.